The predicted molar refractivity (Wildman–Crippen MR) is 83.2 cm³/mol. The van der Waals surface area contributed by atoms with Crippen molar-refractivity contribution in [2.45, 2.75) is 25.7 Å². The van der Waals surface area contributed by atoms with Crippen molar-refractivity contribution < 1.29 is 4.79 Å². The van der Waals surface area contributed by atoms with Crippen LogP contribution >= 0.6 is 0 Å². The highest BCUT2D eigenvalue weighted by Gasteiger charge is 2.30. The first-order valence-corrected chi connectivity index (χ1v) is 7.56. The Bertz CT molecular complexity index is 505. The van der Waals surface area contributed by atoms with Crippen LogP contribution in [-0.4, -0.2) is 25.5 Å². The molecule has 0 spiro atoms. The maximum atomic E-state index is 12.2. The molecule has 0 N–H and O–H groups in total. The van der Waals surface area contributed by atoms with Gasteiger partial charge in [0.05, 0.1) is 11.4 Å². The Balaban J connectivity index is 1.89. The molecule has 1 aromatic carbocycles. The first-order valence-electron chi connectivity index (χ1n) is 7.56. The number of rotatable bonds is 3. The molecule has 3 rings (SSSR count). The van der Waals surface area contributed by atoms with Gasteiger partial charge in [0.1, 0.15) is 0 Å². The summed E-state index contributed by atoms with van der Waals surface area (Å²) in [4.78, 5) is 16.6. The fourth-order valence-corrected chi connectivity index (χ4v) is 3.22. The molecule has 1 amide bonds. The molecule has 1 aromatic rings. The summed E-state index contributed by atoms with van der Waals surface area (Å²) in [5.74, 6) is 0.510. The second kappa shape index (κ2) is 5.70. The number of carbonyl (C=O) groups excluding carboxylic acids is 1. The van der Waals surface area contributed by atoms with Gasteiger partial charge >= 0.3 is 0 Å². The number of piperidine rings is 1. The minimum absolute atomic E-state index is 0.222. The maximum Gasteiger partial charge on any atom is 0.227 e. The Morgan fingerprint density at radius 3 is 2.45 bits per heavy atom. The van der Waals surface area contributed by atoms with Crippen molar-refractivity contribution >= 4 is 17.3 Å². The molecule has 2 heterocycles. The van der Waals surface area contributed by atoms with Gasteiger partial charge < -0.3 is 9.80 Å². The van der Waals surface area contributed by atoms with Gasteiger partial charge in [-0.25, -0.2) is 0 Å². The lowest BCUT2D eigenvalue weighted by Crippen LogP contribution is -2.32. The number of amides is 1. The molecule has 0 aromatic heterocycles. The monoisotopic (exact) mass is 270 g/mol. The summed E-state index contributed by atoms with van der Waals surface area (Å²) >= 11 is 0. The SMILES string of the molecule is C=CC1CC(=O)N(c2ccccc2N2CCCCC2)C1. The predicted octanol–water partition coefficient (Wildman–Crippen LogP) is 3.22. The zero-order chi connectivity index (χ0) is 13.9. The summed E-state index contributed by atoms with van der Waals surface area (Å²) in [6.45, 7) is 6.80. The zero-order valence-electron chi connectivity index (χ0n) is 11.9. The van der Waals surface area contributed by atoms with Crippen LogP contribution in [0, 0.1) is 5.92 Å². The lowest BCUT2D eigenvalue weighted by molar-refractivity contribution is -0.117. The number of nitrogens with zero attached hydrogens (tertiary/aromatic N) is 2. The van der Waals surface area contributed by atoms with Crippen LogP contribution < -0.4 is 9.80 Å². The number of benzene rings is 1. The first-order chi connectivity index (χ1) is 9.79. The van der Waals surface area contributed by atoms with E-state index in [-0.39, 0.29) is 11.8 Å². The highest BCUT2D eigenvalue weighted by Crippen LogP contribution is 2.35. The van der Waals surface area contributed by atoms with Crippen molar-refractivity contribution in [3.8, 4) is 0 Å². The normalized spacial score (nSPS) is 23.2. The van der Waals surface area contributed by atoms with Gasteiger partial charge in [0.15, 0.2) is 0 Å². The van der Waals surface area contributed by atoms with Gasteiger partial charge in [0.2, 0.25) is 5.91 Å². The molecule has 106 valence electrons. The molecule has 2 fully saturated rings. The Labute approximate surface area is 120 Å². The summed E-state index contributed by atoms with van der Waals surface area (Å²) in [7, 11) is 0. The van der Waals surface area contributed by atoms with Gasteiger partial charge in [-0.2, -0.15) is 0 Å². The van der Waals surface area contributed by atoms with Crippen molar-refractivity contribution in [3.05, 3.63) is 36.9 Å². The first kappa shape index (κ1) is 13.2. The van der Waals surface area contributed by atoms with Gasteiger partial charge in [0, 0.05) is 32.0 Å². The summed E-state index contributed by atoms with van der Waals surface area (Å²) in [5, 5.41) is 0. The fraction of sp³-hybridized carbons (Fsp3) is 0.471. The molecule has 2 aliphatic rings. The number of hydrogen-bond donors (Lipinski definition) is 0. The average Bonchev–Trinajstić information content (AvgIpc) is 2.89. The summed E-state index contributed by atoms with van der Waals surface area (Å²) < 4.78 is 0. The van der Waals surface area contributed by atoms with Crippen LogP contribution in [0.2, 0.25) is 0 Å². The molecule has 3 nitrogen and oxygen atoms in total. The topological polar surface area (TPSA) is 23.6 Å². The molecule has 1 atom stereocenters. The van der Waals surface area contributed by atoms with Crippen molar-refractivity contribution in [2.24, 2.45) is 5.92 Å². The highest BCUT2D eigenvalue weighted by molar-refractivity contribution is 5.99. The largest absolute Gasteiger partial charge is 0.370 e. The van der Waals surface area contributed by atoms with Gasteiger partial charge in [-0.05, 0) is 31.4 Å². The van der Waals surface area contributed by atoms with Crippen LogP contribution in [0.25, 0.3) is 0 Å². The number of carbonyl (C=O) groups is 1. The third-order valence-electron chi connectivity index (χ3n) is 4.36. The van der Waals surface area contributed by atoms with E-state index < -0.39 is 0 Å². The standard InChI is InChI=1S/C17H22N2O/c1-2-14-12-17(20)19(13-14)16-9-5-4-8-15(16)18-10-6-3-7-11-18/h2,4-5,8-9,14H,1,3,6-7,10-13H2. The summed E-state index contributed by atoms with van der Waals surface area (Å²) in [6, 6.07) is 8.32. The van der Waals surface area contributed by atoms with Crippen LogP contribution in [0.3, 0.4) is 0 Å². The molecule has 2 aliphatic heterocycles. The van der Waals surface area contributed by atoms with Gasteiger partial charge in [0.25, 0.3) is 0 Å². The smallest absolute Gasteiger partial charge is 0.227 e. The van der Waals surface area contributed by atoms with E-state index in [9.17, 15) is 4.79 Å². The third kappa shape index (κ3) is 2.45. The highest BCUT2D eigenvalue weighted by atomic mass is 16.2. The van der Waals surface area contributed by atoms with Crippen LogP contribution in [0.1, 0.15) is 25.7 Å². The lowest BCUT2D eigenvalue weighted by Gasteiger charge is -2.32. The van der Waals surface area contributed by atoms with E-state index in [1.165, 1.54) is 24.9 Å². The molecular weight excluding hydrogens is 248 g/mol. The summed E-state index contributed by atoms with van der Waals surface area (Å²) in [5.41, 5.74) is 2.29. The molecule has 20 heavy (non-hydrogen) atoms. The van der Waals surface area contributed by atoms with E-state index in [1.54, 1.807) is 0 Å². The molecule has 0 radical (unpaired) electrons. The van der Waals surface area contributed by atoms with Crippen LogP contribution in [0.5, 0.6) is 0 Å². The molecule has 3 heteroatoms. The summed E-state index contributed by atoms with van der Waals surface area (Å²) in [6.07, 6.45) is 6.31. The quantitative estimate of drug-likeness (QED) is 0.787. The minimum atomic E-state index is 0.222. The zero-order valence-corrected chi connectivity index (χ0v) is 11.9. The van der Waals surface area contributed by atoms with Crippen molar-refractivity contribution in [3.63, 3.8) is 0 Å². The van der Waals surface area contributed by atoms with E-state index >= 15 is 0 Å². The molecular formula is C17H22N2O. The van der Waals surface area contributed by atoms with E-state index in [0.717, 1.165) is 25.3 Å². The van der Waals surface area contributed by atoms with Gasteiger partial charge in [-0.1, -0.05) is 18.2 Å². The maximum absolute atomic E-state index is 12.2. The fourth-order valence-electron chi connectivity index (χ4n) is 3.22. The van der Waals surface area contributed by atoms with Crippen LogP contribution in [-0.2, 0) is 4.79 Å². The number of anilines is 2. The van der Waals surface area contributed by atoms with E-state index in [2.05, 4.69) is 29.7 Å². The molecule has 1 unspecified atom stereocenters. The number of hydrogen-bond acceptors (Lipinski definition) is 2. The van der Waals surface area contributed by atoms with Crippen LogP contribution in [0.4, 0.5) is 11.4 Å². The molecule has 2 saturated heterocycles. The van der Waals surface area contributed by atoms with Crippen LogP contribution in [0.15, 0.2) is 36.9 Å². The third-order valence-corrected chi connectivity index (χ3v) is 4.36. The Morgan fingerprint density at radius 1 is 1.10 bits per heavy atom. The second-order valence-corrected chi connectivity index (χ2v) is 5.74. The minimum Gasteiger partial charge on any atom is -0.370 e. The Kier molecular flexibility index (Phi) is 3.77. The number of para-hydroxylation sites is 2. The Hall–Kier alpha value is -1.77. The molecule has 0 aliphatic carbocycles. The molecule has 0 bridgehead atoms. The van der Waals surface area contributed by atoms with E-state index in [0.29, 0.717) is 6.42 Å². The van der Waals surface area contributed by atoms with Crippen molar-refractivity contribution in [2.75, 3.05) is 29.4 Å². The molecule has 0 saturated carbocycles. The van der Waals surface area contributed by atoms with Crippen molar-refractivity contribution in [1.82, 2.24) is 0 Å². The van der Waals surface area contributed by atoms with E-state index in [1.807, 2.05) is 17.0 Å². The average molecular weight is 270 g/mol. The van der Waals surface area contributed by atoms with E-state index in [4.69, 9.17) is 0 Å². The van der Waals surface area contributed by atoms with Gasteiger partial charge in [-0.15, -0.1) is 6.58 Å². The second-order valence-electron chi connectivity index (χ2n) is 5.74. The Morgan fingerprint density at radius 2 is 1.80 bits per heavy atom. The van der Waals surface area contributed by atoms with Crippen molar-refractivity contribution in [1.29, 1.82) is 0 Å². The lowest BCUT2D eigenvalue weighted by atomic mass is 10.1. The van der Waals surface area contributed by atoms with Gasteiger partial charge in [-0.3, -0.25) is 4.79 Å².